The van der Waals surface area contributed by atoms with Crippen molar-refractivity contribution < 1.29 is 31.9 Å². The lowest BCUT2D eigenvalue weighted by molar-refractivity contribution is -0.140. The Kier molecular flexibility index (Phi) is 4.25. The summed E-state index contributed by atoms with van der Waals surface area (Å²) >= 11 is 0. The number of aromatic nitrogens is 2. The minimum absolute atomic E-state index is 0.0968. The zero-order chi connectivity index (χ0) is 20.0. The molecule has 3 rings (SSSR count). The van der Waals surface area contributed by atoms with Gasteiger partial charge in [0.1, 0.15) is 23.4 Å². The predicted octanol–water partition coefficient (Wildman–Crippen LogP) is 3.26. The monoisotopic (exact) mass is 384 g/mol. The second-order valence-corrected chi connectivity index (χ2v) is 6.15. The van der Waals surface area contributed by atoms with Crippen molar-refractivity contribution >= 4 is 17.8 Å². The first kappa shape index (κ1) is 18.5. The number of nitrogens with one attached hydrogen (secondary N) is 1. The van der Waals surface area contributed by atoms with Crippen LogP contribution in [-0.4, -0.2) is 27.4 Å². The Labute approximate surface area is 150 Å². The van der Waals surface area contributed by atoms with Crippen LogP contribution in [-0.2, 0) is 11.0 Å². The Morgan fingerprint density at radius 1 is 1.15 bits per heavy atom. The van der Waals surface area contributed by atoms with Gasteiger partial charge in [-0.1, -0.05) is 0 Å². The summed E-state index contributed by atoms with van der Waals surface area (Å²) in [7, 11) is 0. The number of carbonyl (C=O) groups excluding carboxylic acids is 2. The number of benzene rings is 1. The first-order valence-electron chi connectivity index (χ1n) is 7.52. The SMILES string of the molecule is CC1(C)NC(=O)N(c2cc(Oc3ccc(C(F)(F)F)c(F)c3)ncn2)C1=O. The number of amides is 3. The van der Waals surface area contributed by atoms with Crippen LogP contribution < -0.4 is 15.0 Å². The maximum Gasteiger partial charge on any atom is 0.419 e. The molecule has 1 aromatic heterocycles. The van der Waals surface area contributed by atoms with Gasteiger partial charge in [-0.05, 0) is 26.0 Å². The van der Waals surface area contributed by atoms with E-state index in [2.05, 4.69) is 15.3 Å². The smallest absolute Gasteiger partial charge is 0.419 e. The van der Waals surface area contributed by atoms with Crippen LogP contribution in [0.15, 0.2) is 30.6 Å². The van der Waals surface area contributed by atoms with Crippen LogP contribution in [0.25, 0.3) is 0 Å². The molecule has 1 aliphatic heterocycles. The molecule has 0 atom stereocenters. The van der Waals surface area contributed by atoms with Crippen molar-refractivity contribution in [2.45, 2.75) is 25.6 Å². The van der Waals surface area contributed by atoms with Crippen LogP contribution in [0.1, 0.15) is 19.4 Å². The lowest BCUT2D eigenvalue weighted by Crippen LogP contribution is -2.40. The van der Waals surface area contributed by atoms with Crippen molar-refractivity contribution in [2.24, 2.45) is 0 Å². The van der Waals surface area contributed by atoms with Crippen LogP contribution in [0.2, 0.25) is 0 Å². The zero-order valence-electron chi connectivity index (χ0n) is 14.0. The van der Waals surface area contributed by atoms with Crippen molar-refractivity contribution in [2.75, 3.05) is 4.90 Å². The lowest BCUT2D eigenvalue weighted by Gasteiger charge is -2.15. The number of anilines is 1. The summed E-state index contributed by atoms with van der Waals surface area (Å²) in [6.07, 6.45) is -3.84. The van der Waals surface area contributed by atoms with Gasteiger partial charge in [-0.3, -0.25) is 4.79 Å². The number of hydrogen-bond donors (Lipinski definition) is 1. The first-order chi connectivity index (χ1) is 12.5. The Morgan fingerprint density at radius 2 is 1.85 bits per heavy atom. The van der Waals surface area contributed by atoms with Gasteiger partial charge in [-0.2, -0.15) is 13.2 Å². The van der Waals surface area contributed by atoms with Crippen LogP contribution in [0.4, 0.5) is 28.2 Å². The van der Waals surface area contributed by atoms with Crippen molar-refractivity contribution in [3.63, 3.8) is 0 Å². The molecule has 1 aromatic carbocycles. The largest absolute Gasteiger partial charge is 0.439 e. The molecule has 7 nitrogen and oxygen atoms in total. The molecule has 1 N–H and O–H groups in total. The van der Waals surface area contributed by atoms with Gasteiger partial charge < -0.3 is 10.1 Å². The van der Waals surface area contributed by atoms with Gasteiger partial charge in [0.05, 0.1) is 5.56 Å². The fourth-order valence-corrected chi connectivity index (χ4v) is 2.37. The Bertz CT molecular complexity index is 930. The van der Waals surface area contributed by atoms with Crippen LogP contribution in [0.5, 0.6) is 11.6 Å². The van der Waals surface area contributed by atoms with E-state index in [1.165, 1.54) is 13.8 Å². The molecule has 0 bridgehead atoms. The highest BCUT2D eigenvalue weighted by Crippen LogP contribution is 2.34. The molecule has 11 heteroatoms. The van der Waals surface area contributed by atoms with Gasteiger partial charge in [0.25, 0.3) is 5.91 Å². The molecule has 3 amide bonds. The third-order valence-electron chi connectivity index (χ3n) is 3.69. The molecule has 1 saturated heterocycles. The van der Waals surface area contributed by atoms with Gasteiger partial charge in [-0.15, -0.1) is 0 Å². The summed E-state index contributed by atoms with van der Waals surface area (Å²) in [6, 6.07) is 2.45. The summed E-state index contributed by atoms with van der Waals surface area (Å²) < 4.78 is 56.6. The number of halogens is 4. The van der Waals surface area contributed by atoms with Crippen molar-refractivity contribution in [3.05, 3.63) is 42.0 Å². The molecule has 27 heavy (non-hydrogen) atoms. The third-order valence-corrected chi connectivity index (χ3v) is 3.69. The number of carbonyl (C=O) groups is 2. The van der Waals surface area contributed by atoms with E-state index in [1.807, 2.05) is 0 Å². The summed E-state index contributed by atoms with van der Waals surface area (Å²) in [5.74, 6) is -2.60. The van der Waals surface area contributed by atoms with Gasteiger partial charge in [0, 0.05) is 12.1 Å². The van der Waals surface area contributed by atoms with Crippen LogP contribution in [0.3, 0.4) is 0 Å². The highest BCUT2D eigenvalue weighted by atomic mass is 19.4. The second-order valence-electron chi connectivity index (χ2n) is 6.15. The topological polar surface area (TPSA) is 84.4 Å². The highest BCUT2D eigenvalue weighted by molar-refractivity contribution is 6.22. The number of alkyl halides is 3. The van der Waals surface area contributed by atoms with Crippen molar-refractivity contribution in [3.8, 4) is 11.6 Å². The summed E-state index contributed by atoms with van der Waals surface area (Å²) in [6.45, 7) is 3.02. The van der Waals surface area contributed by atoms with E-state index in [1.54, 1.807) is 0 Å². The Morgan fingerprint density at radius 3 is 2.41 bits per heavy atom. The molecule has 1 fully saturated rings. The quantitative estimate of drug-likeness (QED) is 0.649. The van der Waals surface area contributed by atoms with Crippen LogP contribution >= 0.6 is 0 Å². The minimum Gasteiger partial charge on any atom is -0.439 e. The molecular formula is C16H12F4N4O3. The molecule has 2 aromatic rings. The number of imide groups is 1. The predicted molar refractivity (Wildman–Crippen MR) is 83.6 cm³/mol. The van der Waals surface area contributed by atoms with E-state index in [4.69, 9.17) is 4.74 Å². The highest BCUT2D eigenvalue weighted by Gasteiger charge is 2.45. The lowest BCUT2D eigenvalue weighted by atomic mass is 10.1. The summed E-state index contributed by atoms with van der Waals surface area (Å²) in [4.78, 5) is 32.6. The number of ether oxygens (including phenoxy) is 1. The molecule has 0 unspecified atom stereocenters. The normalized spacial score (nSPS) is 16.4. The van der Waals surface area contributed by atoms with E-state index in [0.29, 0.717) is 12.1 Å². The number of hydrogen-bond acceptors (Lipinski definition) is 5. The van der Waals surface area contributed by atoms with Gasteiger partial charge >= 0.3 is 12.2 Å². The fraction of sp³-hybridized carbons (Fsp3) is 0.250. The zero-order valence-corrected chi connectivity index (χ0v) is 14.0. The summed E-state index contributed by atoms with van der Waals surface area (Å²) in [5.41, 5.74) is -2.56. The average Bonchev–Trinajstić information content (AvgIpc) is 2.74. The molecule has 0 saturated carbocycles. The molecule has 1 aliphatic rings. The summed E-state index contributed by atoms with van der Waals surface area (Å²) in [5, 5.41) is 2.47. The molecule has 142 valence electrons. The molecule has 2 heterocycles. The van der Waals surface area contributed by atoms with Gasteiger partial charge in [-0.25, -0.2) is 24.1 Å². The minimum atomic E-state index is -4.83. The second kappa shape index (κ2) is 6.18. The molecule has 0 aliphatic carbocycles. The van der Waals surface area contributed by atoms with E-state index in [9.17, 15) is 27.2 Å². The number of urea groups is 1. The molecule has 0 radical (unpaired) electrons. The van der Waals surface area contributed by atoms with Crippen LogP contribution in [0, 0.1) is 5.82 Å². The maximum absolute atomic E-state index is 13.6. The Balaban J connectivity index is 1.86. The van der Waals surface area contributed by atoms with E-state index in [0.717, 1.165) is 23.4 Å². The third kappa shape index (κ3) is 3.52. The van der Waals surface area contributed by atoms with Gasteiger partial charge in [0.15, 0.2) is 5.82 Å². The first-order valence-corrected chi connectivity index (χ1v) is 7.52. The van der Waals surface area contributed by atoms with Gasteiger partial charge in [0.2, 0.25) is 5.88 Å². The molecule has 0 spiro atoms. The van der Waals surface area contributed by atoms with E-state index in [-0.39, 0.29) is 17.4 Å². The fourth-order valence-electron chi connectivity index (χ4n) is 2.37. The van der Waals surface area contributed by atoms with Crippen molar-refractivity contribution in [1.82, 2.24) is 15.3 Å². The number of rotatable bonds is 3. The Hall–Kier alpha value is -3.24. The van der Waals surface area contributed by atoms with E-state index < -0.39 is 35.0 Å². The van der Waals surface area contributed by atoms with E-state index >= 15 is 0 Å². The number of nitrogens with zero attached hydrogens (tertiary/aromatic N) is 3. The van der Waals surface area contributed by atoms with Crippen molar-refractivity contribution in [1.29, 1.82) is 0 Å². The standard InChI is InChI=1S/C16H12F4N4O3/c1-15(2)13(25)24(14(26)23-15)11-6-12(22-7-21-11)27-8-3-4-9(10(17)5-8)16(18,19)20/h3-7H,1-2H3,(H,23,26). The molecular weight excluding hydrogens is 372 g/mol. The average molecular weight is 384 g/mol. The maximum atomic E-state index is 13.6.